The Hall–Kier alpha value is -3.02. The normalized spacial score (nSPS) is 14.2. The van der Waals surface area contributed by atoms with Crippen LogP contribution in [0.15, 0.2) is 48.5 Å². The Morgan fingerprint density at radius 1 is 1.03 bits per heavy atom. The second kappa shape index (κ2) is 11.4. The molecule has 3 rings (SSSR count). The maximum Gasteiger partial charge on any atom is 0.253 e. The number of hydrogen-bond acceptors (Lipinski definition) is 4. The number of amides is 2. The molecule has 0 spiro atoms. The minimum absolute atomic E-state index is 0.0288. The fourth-order valence-electron chi connectivity index (χ4n) is 3.70. The van der Waals surface area contributed by atoms with Crippen molar-refractivity contribution in [2.24, 2.45) is 0 Å². The maximum atomic E-state index is 12.7. The topological polar surface area (TPSA) is 67.9 Å². The van der Waals surface area contributed by atoms with Gasteiger partial charge in [0.15, 0.2) is 0 Å². The number of rotatable bonds is 9. The average molecular weight is 425 g/mol. The smallest absolute Gasteiger partial charge is 0.253 e. The van der Waals surface area contributed by atoms with Crippen molar-refractivity contribution in [3.8, 4) is 11.5 Å². The lowest BCUT2D eigenvalue weighted by Gasteiger charge is -2.32. The van der Waals surface area contributed by atoms with Gasteiger partial charge in [0.2, 0.25) is 5.91 Å². The highest BCUT2D eigenvalue weighted by atomic mass is 16.5. The number of nitrogens with zero attached hydrogens (tertiary/aromatic N) is 1. The summed E-state index contributed by atoms with van der Waals surface area (Å²) in [4.78, 5) is 26.8. The Balaban J connectivity index is 1.34. The lowest BCUT2D eigenvalue weighted by Crippen LogP contribution is -2.46. The molecular formula is C25H32N2O4. The maximum absolute atomic E-state index is 12.7. The summed E-state index contributed by atoms with van der Waals surface area (Å²) >= 11 is 0. The van der Waals surface area contributed by atoms with Crippen molar-refractivity contribution in [1.82, 2.24) is 10.2 Å². The molecule has 0 saturated carbocycles. The van der Waals surface area contributed by atoms with E-state index in [0.29, 0.717) is 44.7 Å². The fourth-order valence-corrected chi connectivity index (χ4v) is 3.70. The van der Waals surface area contributed by atoms with Crippen LogP contribution in [0.25, 0.3) is 0 Å². The van der Waals surface area contributed by atoms with Gasteiger partial charge in [-0.2, -0.15) is 0 Å². The van der Waals surface area contributed by atoms with E-state index in [9.17, 15) is 9.59 Å². The first kappa shape index (κ1) is 22.7. The number of nitrogens with one attached hydrogen (secondary N) is 1. The van der Waals surface area contributed by atoms with Gasteiger partial charge in [-0.25, -0.2) is 0 Å². The molecule has 0 radical (unpaired) electrons. The van der Waals surface area contributed by atoms with E-state index in [4.69, 9.17) is 9.47 Å². The summed E-state index contributed by atoms with van der Waals surface area (Å²) in [7, 11) is 0. The zero-order valence-electron chi connectivity index (χ0n) is 18.4. The Morgan fingerprint density at radius 2 is 1.77 bits per heavy atom. The quantitative estimate of drug-likeness (QED) is 0.619. The average Bonchev–Trinajstić information content (AvgIpc) is 2.78. The fraction of sp³-hybridized carbons (Fsp3) is 0.440. The highest BCUT2D eigenvalue weighted by Crippen LogP contribution is 2.17. The third kappa shape index (κ3) is 7.02. The van der Waals surface area contributed by atoms with Crippen LogP contribution in [-0.4, -0.2) is 49.1 Å². The number of ether oxygens (including phenoxy) is 2. The van der Waals surface area contributed by atoms with E-state index < -0.39 is 0 Å². The molecule has 1 aliphatic heterocycles. The molecule has 31 heavy (non-hydrogen) atoms. The van der Waals surface area contributed by atoms with Gasteiger partial charge in [0.25, 0.3) is 5.91 Å². The van der Waals surface area contributed by atoms with Gasteiger partial charge in [-0.15, -0.1) is 0 Å². The Kier molecular flexibility index (Phi) is 8.33. The second-order valence-electron chi connectivity index (χ2n) is 7.86. The molecule has 1 saturated heterocycles. The number of carbonyl (C=O) groups excluding carboxylic acids is 2. The molecule has 1 N–H and O–H groups in total. The van der Waals surface area contributed by atoms with Crippen molar-refractivity contribution in [1.29, 1.82) is 0 Å². The van der Waals surface area contributed by atoms with Gasteiger partial charge in [-0.1, -0.05) is 12.1 Å². The van der Waals surface area contributed by atoms with Crippen molar-refractivity contribution < 1.29 is 19.1 Å². The molecular weight excluding hydrogens is 392 g/mol. The summed E-state index contributed by atoms with van der Waals surface area (Å²) in [5.41, 5.74) is 1.82. The van der Waals surface area contributed by atoms with E-state index in [2.05, 4.69) is 5.32 Å². The summed E-state index contributed by atoms with van der Waals surface area (Å²) in [6.07, 6.45) is 2.66. The number of benzene rings is 2. The lowest BCUT2D eigenvalue weighted by atomic mass is 10.0. The van der Waals surface area contributed by atoms with Crippen LogP contribution in [0.2, 0.25) is 0 Å². The van der Waals surface area contributed by atoms with Crippen LogP contribution in [0.5, 0.6) is 11.5 Å². The van der Waals surface area contributed by atoms with Crippen molar-refractivity contribution in [2.75, 3.05) is 26.3 Å². The van der Waals surface area contributed by atoms with Gasteiger partial charge in [-0.3, -0.25) is 9.59 Å². The van der Waals surface area contributed by atoms with Crippen molar-refractivity contribution in [3.63, 3.8) is 0 Å². The van der Waals surface area contributed by atoms with Crippen LogP contribution in [0, 0.1) is 6.92 Å². The standard InChI is InChI=1S/C25H32N2O4/c1-3-30-22-11-9-20(10-12-22)25(29)27-15-13-21(14-16-27)26-24(28)8-5-17-31-23-7-4-6-19(2)18-23/h4,6-7,9-12,18,21H,3,5,8,13-17H2,1-2H3,(H,26,28). The predicted molar refractivity (Wildman–Crippen MR) is 121 cm³/mol. The van der Waals surface area contributed by atoms with Crippen LogP contribution >= 0.6 is 0 Å². The molecule has 1 fully saturated rings. The molecule has 0 atom stereocenters. The van der Waals surface area contributed by atoms with E-state index in [1.807, 2.05) is 55.1 Å². The summed E-state index contributed by atoms with van der Waals surface area (Å²) in [6, 6.07) is 15.3. The Morgan fingerprint density at radius 3 is 2.45 bits per heavy atom. The molecule has 1 heterocycles. The first-order chi connectivity index (χ1) is 15.0. The number of likely N-dealkylation sites (tertiary alicyclic amines) is 1. The first-order valence-corrected chi connectivity index (χ1v) is 11.1. The van der Waals surface area contributed by atoms with E-state index in [1.165, 1.54) is 0 Å². The largest absolute Gasteiger partial charge is 0.494 e. The summed E-state index contributed by atoms with van der Waals surface area (Å²) < 4.78 is 11.1. The third-order valence-corrected chi connectivity index (χ3v) is 5.37. The van der Waals surface area contributed by atoms with Gasteiger partial charge in [0, 0.05) is 31.1 Å². The summed E-state index contributed by atoms with van der Waals surface area (Å²) in [5, 5.41) is 3.10. The molecule has 0 bridgehead atoms. The monoisotopic (exact) mass is 424 g/mol. The lowest BCUT2D eigenvalue weighted by molar-refractivity contribution is -0.122. The molecule has 166 valence electrons. The summed E-state index contributed by atoms with van der Waals surface area (Å²) in [5.74, 6) is 1.68. The molecule has 0 unspecified atom stereocenters. The van der Waals surface area contributed by atoms with Crippen molar-refractivity contribution in [2.45, 2.75) is 45.6 Å². The van der Waals surface area contributed by atoms with Gasteiger partial charge in [0.05, 0.1) is 13.2 Å². The van der Waals surface area contributed by atoms with Crippen LogP contribution in [0.3, 0.4) is 0 Å². The number of aryl methyl sites for hydroxylation is 1. The van der Waals surface area contributed by atoms with Gasteiger partial charge in [0.1, 0.15) is 11.5 Å². The molecule has 6 heteroatoms. The molecule has 2 aromatic carbocycles. The van der Waals surface area contributed by atoms with Gasteiger partial charge in [-0.05, 0) is 75.1 Å². The van der Waals surface area contributed by atoms with Crippen LogP contribution in [0.4, 0.5) is 0 Å². The van der Waals surface area contributed by atoms with E-state index in [0.717, 1.165) is 29.9 Å². The molecule has 6 nitrogen and oxygen atoms in total. The number of piperidine rings is 1. The molecule has 1 aliphatic rings. The minimum Gasteiger partial charge on any atom is -0.494 e. The molecule has 0 aromatic heterocycles. The number of carbonyl (C=O) groups is 2. The molecule has 2 amide bonds. The Bertz CT molecular complexity index is 858. The van der Waals surface area contributed by atoms with Crippen LogP contribution < -0.4 is 14.8 Å². The zero-order valence-corrected chi connectivity index (χ0v) is 18.4. The highest BCUT2D eigenvalue weighted by Gasteiger charge is 2.24. The highest BCUT2D eigenvalue weighted by molar-refractivity contribution is 5.94. The predicted octanol–water partition coefficient (Wildman–Crippen LogP) is 3.97. The van der Waals surface area contributed by atoms with Crippen molar-refractivity contribution in [3.05, 3.63) is 59.7 Å². The molecule has 2 aromatic rings. The first-order valence-electron chi connectivity index (χ1n) is 11.1. The number of hydrogen-bond donors (Lipinski definition) is 1. The van der Waals surface area contributed by atoms with E-state index in [1.54, 1.807) is 12.1 Å². The van der Waals surface area contributed by atoms with E-state index in [-0.39, 0.29) is 17.9 Å². The minimum atomic E-state index is 0.0288. The van der Waals surface area contributed by atoms with Gasteiger partial charge >= 0.3 is 0 Å². The van der Waals surface area contributed by atoms with Crippen LogP contribution in [-0.2, 0) is 4.79 Å². The Labute approximate surface area is 184 Å². The summed E-state index contributed by atoms with van der Waals surface area (Å²) in [6.45, 7) is 6.37. The van der Waals surface area contributed by atoms with Crippen LogP contribution in [0.1, 0.15) is 48.5 Å². The zero-order chi connectivity index (χ0) is 22.1. The van der Waals surface area contributed by atoms with Crippen molar-refractivity contribution >= 4 is 11.8 Å². The SMILES string of the molecule is CCOc1ccc(C(=O)N2CCC(NC(=O)CCCOc3cccc(C)c3)CC2)cc1. The molecule has 0 aliphatic carbocycles. The second-order valence-corrected chi connectivity index (χ2v) is 7.86. The third-order valence-electron chi connectivity index (χ3n) is 5.37. The van der Waals surface area contributed by atoms with Gasteiger partial charge < -0.3 is 19.7 Å². The van der Waals surface area contributed by atoms with E-state index >= 15 is 0 Å².